The molecule has 0 saturated carbocycles. The molecule has 1 aliphatic heterocycles. The van der Waals surface area contributed by atoms with Crippen LogP contribution < -0.4 is 0 Å². The molecule has 0 radical (unpaired) electrons. The summed E-state index contributed by atoms with van der Waals surface area (Å²) in [6, 6.07) is 7.01. The Hall–Kier alpha value is -1.97. The number of rotatable bonds is 2. The minimum Gasteiger partial charge on any atom is -0.465 e. The van der Waals surface area contributed by atoms with E-state index in [1.807, 2.05) is 6.07 Å². The van der Waals surface area contributed by atoms with Crippen LogP contribution in [0.4, 0.5) is 5.69 Å². The predicted octanol–water partition coefficient (Wildman–Crippen LogP) is 2.15. The normalized spacial score (nSPS) is 18.4. The Morgan fingerprint density at radius 1 is 1.41 bits per heavy atom. The van der Waals surface area contributed by atoms with Crippen LogP contribution in [0.25, 0.3) is 0 Å². The highest BCUT2D eigenvalue weighted by atomic mass is 16.5. The third-order valence-electron chi connectivity index (χ3n) is 2.67. The molecule has 0 N–H and O–H groups in total. The first-order chi connectivity index (χ1) is 8.15. The van der Waals surface area contributed by atoms with Gasteiger partial charge in [0.1, 0.15) is 0 Å². The highest BCUT2D eigenvalue weighted by Crippen LogP contribution is 2.28. The van der Waals surface area contributed by atoms with Gasteiger partial charge in [-0.15, -0.1) is 0 Å². The molecule has 0 aromatic heterocycles. The second kappa shape index (κ2) is 4.49. The van der Waals surface area contributed by atoms with Crippen LogP contribution in [-0.4, -0.2) is 24.1 Å². The van der Waals surface area contributed by atoms with Gasteiger partial charge in [-0.05, 0) is 26.0 Å². The number of benzene rings is 1. The number of carbonyl (C=O) groups excluding carboxylic acids is 2. The largest absolute Gasteiger partial charge is 0.465 e. The third-order valence-corrected chi connectivity index (χ3v) is 2.67. The summed E-state index contributed by atoms with van der Waals surface area (Å²) in [7, 11) is 0. The van der Waals surface area contributed by atoms with E-state index >= 15 is 0 Å². The van der Waals surface area contributed by atoms with Gasteiger partial charge in [0.2, 0.25) is 0 Å². The summed E-state index contributed by atoms with van der Waals surface area (Å²) in [6.07, 6.45) is 0. The van der Waals surface area contributed by atoms with Crippen LogP contribution in [0.5, 0.6) is 0 Å². The molecule has 1 unspecified atom stereocenters. The van der Waals surface area contributed by atoms with E-state index < -0.39 is 11.9 Å². The number of fused-ring (bicyclic) bond motifs is 1. The fraction of sp³-hybridized carbons (Fsp3) is 0.308. The van der Waals surface area contributed by atoms with E-state index in [1.165, 1.54) is 0 Å². The summed E-state index contributed by atoms with van der Waals surface area (Å²) >= 11 is 0. The monoisotopic (exact) mass is 231 g/mol. The first kappa shape index (κ1) is 11.5. The van der Waals surface area contributed by atoms with Crippen molar-refractivity contribution in [3.8, 4) is 0 Å². The van der Waals surface area contributed by atoms with Gasteiger partial charge in [0.25, 0.3) is 0 Å². The average Bonchev–Trinajstić information content (AvgIpc) is 2.29. The maximum atomic E-state index is 12.2. The Morgan fingerprint density at radius 3 is 2.82 bits per heavy atom. The molecule has 0 fully saturated rings. The zero-order valence-electron chi connectivity index (χ0n) is 9.77. The molecule has 17 heavy (non-hydrogen) atoms. The number of ether oxygens (including phenoxy) is 1. The first-order valence-corrected chi connectivity index (χ1v) is 5.50. The Kier molecular flexibility index (Phi) is 3.04. The fourth-order valence-corrected chi connectivity index (χ4v) is 1.88. The predicted molar refractivity (Wildman–Crippen MR) is 63.7 cm³/mol. The number of nitrogens with zero attached hydrogens (tertiary/aromatic N) is 1. The Balaban J connectivity index is 2.42. The lowest BCUT2D eigenvalue weighted by Gasteiger charge is -2.19. The minimum atomic E-state index is -0.884. The molecule has 1 aromatic carbocycles. The molecule has 0 bridgehead atoms. The van der Waals surface area contributed by atoms with Crippen molar-refractivity contribution >= 4 is 23.2 Å². The molecule has 4 nitrogen and oxygen atoms in total. The van der Waals surface area contributed by atoms with Crippen LogP contribution in [0.2, 0.25) is 0 Å². The summed E-state index contributed by atoms with van der Waals surface area (Å²) < 4.78 is 4.90. The highest BCUT2D eigenvalue weighted by Gasteiger charge is 2.35. The van der Waals surface area contributed by atoms with Crippen molar-refractivity contribution in [3.05, 3.63) is 29.8 Å². The maximum Gasteiger partial charge on any atom is 0.322 e. The third kappa shape index (κ3) is 1.98. The lowest BCUT2D eigenvalue weighted by molar-refractivity contribution is -0.144. The van der Waals surface area contributed by atoms with Crippen LogP contribution in [-0.2, 0) is 9.53 Å². The van der Waals surface area contributed by atoms with Crippen molar-refractivity contribution in [2.24, 2.45) is 10.9 Å². The molecule has 0 saturated heterocycles. The molecular weight excluding hydrogens is 218 g/mol. The van der Waals surface area contributed by atoms with Crippen molar-refractivity contribution in [2.75, 3.05) is 6.61 Å². The van der Waals surface area contributed by atoms with E-state index in [9.17, 15) is 9.59 Å². The zero-order chi connectivity index (χ0) is 12.4. The van der Waals surface area contributed by atoms with Gasteiger partial charge in [-0.2, -0.15) is 0 Å². The van der Waals surface area contributed by atoms with Gasteiger partial charge in [0.05, 0.1) is 12.3 Å². The molecule has 2 rings (SSSR count). The van der Waals surface area contributed by atoms with Crippen molar-refractivity contribution in [1.29, 1.82) is 0 Å². The molecule has 88 valence electrons. The smallest absolute Gasteiger partial charge is 0.322 e. The standard InChI is InChI=1S/C13H13NO3/c1-3-17-13(16)11-8(2)14-10-7-5-4-6-9(10)12(11)15/h4-7,11H,3H2,1-2H3. The molecule has 1 aromatic rings. The number of Topliss-reactive ketones (excluding diaryl/α,β-unsaturated/α-hetero) is 1. The first-order valence-electron chi connectivity index (χ1n) is 5.50. The van der Waals surface area contributed by atoms with Gasteiger partial charge < -0.3 is 4.74 Å². The quantitative estimate of drug-likeness (QED) is 0.579. The summed E-state index contributed by atoms with van der Waals surface area (Å²) in [4.78, 5) is 28.1. The van der Waals surface area contributed by atoms with Gasteiger partial charge in [-0.25, -0.2) is 0 Å². The minimum absolute atomic E-state index is 0.230. The molecule has 1 heterocycles. The summed E-state index contributed by atoms with van der Waals surface area (Å²) in [5, 5.41) is 0. The molecule has 1 aliphatic rings. The van der Waals surface area contributed by atoms with Crippen LogP contribution >= 0.6 is 0 Å². The van der Waals surface area contributed by atoms with Gasteiger partial charge in [0, 0.05) is 11.3 Å². The van der Waals surface area contributed by atoms with Gasteiger partial charge >= 0.3 is 5.97 Å². The number of hydrogen-bond donors (Lipinski definition) is 0. The Morgan fingerprint density at radius 2 is 2.12 bits per heavy atom. The lowest BCUT2D eigenvalue weighted by Crippen LogP contribution is -2.34. The second-order valence-electron chi connectivity index (χ2n) is 3.82. The molecule has 0 amide bonds. The van der Waals surface area contributed by atoms with Crippen molar-refractivity contribution in [1.82, 2.24) is 0 Å². The van der Waals surface area contributed by atoms with Crippen LogP contribution in [0.3, 0.4) is 0 Å². The molecular formula is C13H13NO3. The average molecular weight is 231 g/mol. The Bertz CT molecular complexity index is 505. The topological polar surface area (TPSA) is 55.7 Å². The molecule has 0 spiro atoms. The highest BCUT2D eigenvalue weighted by molar-refractivity contribution is 6.27. The van der Waals surface area contributed by atoms with Crippen LogP contribution in [0.15, 0.2) is 29.3 Å². The summed E-state index contributed by atoms with van der Waals surface area (Å²) in [5.74, 6) is -1.63. The van der Waals surface area contributed by atoms with Gasteiger partial charge in [-0.3, -0.25) is 14.6 Å². The van der Waals surface area contributed by atoms with Crippen LogP contribution in [0, 0.1) is 5.92 Å². The molecule has 4 heteroatoms. The lowest BCUT2D eigenvalue weighted by atomic mass is 9.90. The van der Waals surface area contributed by atoms with E-state index in [-0.39, 0.29) is 12.4 Å². The summed E-state index contributed by atoms with van der Waals surface area (Å²) in [6.45, 7) is 3.65. The van der Waals surface area contributed by atoms with Crippen molar-refractivity contribution < 1.29 is 14.3 Å². The van der Waals surface area contributed by atoms with Crippen molar-refractivity contribution in [3.63, 3.8) is 0 Å². The van der Waals surface area contributed by atoms with E-state index in [0.717, 1.165) is 0 Å². The van der Waals surface area contributed by atoms with E-state index in [0.29, 0.717) is 17.0 Å². The van der Waals surface area contributed by atoms with Gasteiger partial charge in [-0.1, -0.05) is 12.1 Å². The SMILES string of the molecule is CCOC(=O)C1C(=O)c2ccccc2N=C1C. The van der Waals surface area contributed by atoms with Crippen LogP contribution in [0.1, 0.15) is 24.2 Å². The van der Waals surface area contributed by atoms with E-state index in [1.54, 1.807) is 32.0 Å². The summed E-state index contributed by atoms with van der Waals surface area (Å²) in [5.41, 5.74) is 1.60. The van der Waals surface area contributed by atoms with E-state index in [4.69, 9.17) is 4.74 Å². The number of esters is 1. The van der Waals surface area contributed by atoms with Crippen molar-refractivity contribution in [2.45, 2.75) is 13.8 Å². The number of para-hydroxylation sites is 1. The fourth-order valence-electron chi connectivity index (χ4n) is 1.88. The number of aliphatic imine (C=N–C) groups is 1. The second-order valence-corrected chi connectivity index (χ2v) is 3.82. The maximum absolute atomic E-state index is 12.2. The number of carbonyl (C=O) groups is 2. The zero-order valence-corrected chi connectivity index (χ0v) is 9.77. The Labute approximate surface area is 99.3 Å². The number of hydrogen-bond acceptors (Lipinski definition) is 4. The van der Waals surface area contributed by atoms with Gasteiger partial charge in [0.15, 0.2) is 11.7 Å². The molecule has 0 aliphatic carbocycles. The number of ketones is 1. The van der Waals surface area contributed by atoms with E-state index in [2.05, 4.69) is 4.99 Å². The molecule has 1 atom stereocenters.